The van der Waals surface area contributed by atoms with Crippen molar-refractivity contribution in [3.63, 3.8) is 0 Å². The van der Waals surface area contributed by atoms with Crippen molar-refractivity contribution in [1.82, 2.24) is 0 Å². The van der Waals surface area contributed by atoms with Gasteiger partial charge in [-0.25, -0.2) is 0 Å². The Morgan fingerprint density at radius 1 is 1.26 bits per heavy atom. The first-order chi connectivity index (χ1) is 9.27. The van der Waals surface area contributed by atoms with Crippen LogP contribution >= 0.6 is 0 Å². The summed E-state index contributed by atoms with van der Waals surface area (Å²) in [6, 6.07) is 8.39. The average molecular weight is 256 g/mol. The zero-order chi connectivity index (χ0) is 12.9. The van der Waals surface area contributed by atoms with Crippen molar-refractivity contribution in [1.29, 1.82) is 0 Å². The molecule has 1 saturated heterocycles. The van der Waals surface area contributed by atoms with Crippen LogP contribution in [0.25, 0.3) is 0 Å². The maximum Gasteiger partial charge on any atom is 0.143 e. The molecule has 1 aromatic carbocycles. The molecule has 2 atom stereocenters. The van der Waals surface area contributed by atoms with Gasteiger partial charge in [-0.3, -0.25) is 4.79 Å². The molecular weight excluding hydrogens is 236 g/mol. The van der Waals surface area contributed by atoms with E-state index in [0.29, 0.717) is 5.78 Å². The molecule has 2 unspecified atom stereocenters. The lowest BCUT2D eigenvalue weighted by Crippen LogP contribution is -2.48. The van der Waals surface area contributed by atoms with Gasteiger partial charge in [-0.05, 0) is 49.7 Å². The minimum atomic E-state index is 0.0852. The topological polar surface area (TPSA) is 26.3 Å². The van der Waals surface area contributed by atoms with Gasteiger partial charge in [0.15, 0.2) is 0 Å². The molecule has 3 aliphatic rings. The lowest BCUT2D eigenvalue weighted by molar-refractivity contribution is -0.156. The normalized spacial score (nSPS) is 31.2. The van der Waals surface area contributed by atoms with Crippen LogP contribution < -0.4 is 0 Å². The van der Waals surface area contributed by atoms with E-state index in [1.807, 2.05) is 0 Å². The van der Waals surface area contributed by atoms with Gasteiger partial charge in [-0.15, -0.1) is 0 Å². The molecule has 1 aromatic rings. The number of rotatable bonds is 2. The zero-order valence-electron chi connectivity index (χ0n) is 11.2. The van der Waals surface area contributed by atoms with Gasteiger partial charge < -0.3 is 4.74 Å². The monoisotopic (exact) mass is 256 g/mol. The molecule has 2 nitrogen and oxygen atoms in total. The molecule has 1 heterocycles. The van der Waals surface area contributed by atoms with E-state index in [1.165, 1.54) is 17.5 Å². The van der Waals surface area contributed by atoms with Gasteiger partial charge in [0, 0.05) is 18.4 Å². The van der Waals surface area contributed by atoms with E-state index >= 15 is 0 Å². The highest BCUT2D eigenvalue weighted by Crippen LogP contribution is 2.47. The molecule has 2 fully saturated rings. The molecule has 0 bridgehead atoms. The summed E-state index contributed by atoms with van der Waals surface area (Å²) in [6.07, 6.45) is 6.46. The van der Waals surface area contributed by atoms with Crippen LogP contribution in [0.1, 0.15) is 49.1 Å². The summed E-state index contributed by atoms with van der Waals surface area (Å²) in [5.41, 5.74) is 2.73. The Bertz CT molecular complexity index is 516. The number of hydrogen-bond donors (Lipinski definition) is 0. The number of hydrogen-bond acceptors (Lipinski definition) is 2. The van der Waals surface area contributed by atoms with Crippen LogP contribution in [0.5, 0.6) is 0 Å². The van der Waals surface area contributed by atoms with E-state index in [0.717, 1.165) is 38.7 Å². The van der Waals surface area contributed by atoms with Crippen LogP contribution in [0, 0.1) is 5.92 Å². The second kappa shape index (κ2) is 4.17. The van der Waals surface area contributed by atoms with Crippen LogP contribution in [0.2, 0.25) is 0 Å². The molecule has 0 amide bonds. The first-order valence-electron chi connectivity index (χ1n) is 7.53. The standard InChI is InChI=1S/C17H20O2/c18-16(15-10-12-4-1-2-5-14(12)15)13-6-9-19-17(11-13)7-3-8-17/h1-2,4-5,13,15H,3,6-11H2. The van der Waals surface area contributed by atoms with Crippen LogP contribution in [-0.4, -0.2) is 18.0 Å². The Labute approximate surface area is 114 Å². The van der Waals surface area contributed by atoms with Gasteiger partial charge in [0.25, 0.3) is 0 Å². The fraction of sp³-hybridized carbons (Fsp3) is 0.588. The minimum Gasteiger partial charge on any atom is -0.375 e. The van der Waals surface area contributed by atoms with Gasteiger partial charge in [0.2, 0.25) is 0 Å². The van der Waals surface area contributed by atoms with E-state index < -0.39 is 0 Å². The van der Waals surface area contributed by atoms with E-state index in [4.69, 9.17) is 4.74 Å². The maximum atomic E-state index is 12.7. The Morgan fingerprint density at radius 3 is 2.84 bits per heavy atom. The number of Topliss-reactive ketones (excluding diaryl/α,β-unsaturated/α-hetero) is 1. The predicted molar refractivity (Wildman–Crippen MR) is 73.2 cm³/mol. The van der Waals surface area contributed by atoms with Crippen molar-refractivity contribution in [2.24, 2.45) is 5.92 Å². The lowest BCUT2D eigenvalue weighted by Gasteiger charge is -2.47. The number of carbonyl (C=O) groups excluding carboxylic acids is 1. The second-order valence-electron chi connectivity index (χ2n) is 6.43. The predicted octanol–water partition coefficient (Wildman–Crippen LogP) is 3.24. The molecule has 100 valence electrons. The van der Waals surface area contributed by atoms with Gasteiger partial charge in [0.05, 0.1) is 5.60 Å². The fourth-order valence-electron chi connectivity index (χ4n) is 3.99. The largest absolute Gasteiger partial charge is 0.375 e. The maximum absolute atomic E-state index is 12.7. The van der Waals surface area contributed by atoms with E-state index in [2.05, 4.69) is 24.3 Å². The van der Waals surface area contributed by atoms with Crippen molar-refractivity contribution in [3.8, 4) is 0 Å². The molecular formula is C17H20O2. The van der Waals surface area contributed by atoms with Gasteiger partial charge in [-0.2, -0.15) is 0 Å². The van der Waals surface area contributed by atoms with Crippen molar-refractivity contribution in [2.45, 2.75) is 50.0 Å². The molecule has 1 saturated carbocycles. The summed E-state index contributed by atoms with van der Waals surface area (Å²) in [4.78, 5) is 12.7. The van der Waals surface area contributed by atoms with Crippen molar-refractivity contribution < 1.29 is 9.53 Å². The number of ether oxygens (including phenoxy) is 1. The zero-order valence-corrected chi connectivity index (χ0v) is 11.2. The summed E-state index contributed by atoms with van der Waals surface area (Å²) >= 11 is 0. The van der Waals surface area contributed by atoms with E-state index in [9.17, 15) is 4.79 Å². The van der Waals surface area contributed by atoms with Crippen LogP contribution in [0.4, 0.5) is 0 Å². The number of carbonyl (C=O) groups is 1. The summed E-state index contributed by atoms with van der Waals surface area (Å²) in [5, 5.41) is 0. The van der Waals surface area contributed by atoms with Crippen LogP contribution in [-0.2, 0) is 16.0 Å². The van der Waals surface area contributed by atoms with Crippen LogP contribution in [0.15, 0.2) is 24.3 Å². The third-order valence-corrected chi connectivity index (χ3v) is 5.36. The molecule has 1 aliphatic heterocycles. The second-order valence-corrected chi connectivity index (χ2v) is 6.43. The first-order valence-corrected chi connectivity index (χ1v) is 7.53. The Balaban J connectivity index is 1.50. The lowest BCUT2D eigenvalue weighted by atomic mass is 9.66. The Hall–Kier alpha value is -1.15. The highest BCUT2D eigenvalue weighted by molar-refractivity contribution is 5.90. The quantitative estimate of drug-likeness (QED) is 0.812. The van der Waals surface area contributed by atoms with E-state index in [-0.39, 0.29) is 17.4 Å². The van der Waals surface area contributed by atoms with E-state index in [1.54, 1.807) is 0 Å². The third-order valence-electron chi connectivity index (χ3n) is 5.36. The summed E-state index contributed by atoms with van der Waals surface area (Å²) < 4.78 is 5.93. The minimum absolute atomic E-state index is 0.0852. The number of ketones is 1. The highest BCUT2D eigenvalue weighted by atomic mass is 16.5. The molecule has 2 heteroatoms. The molecule has 2 aliphatic carbocycles. The molecule has 0 N–H and O–H groups in total. The average Bonchev–Trinajstić information content (AvgIpc) is 2.38. The summed E-state index contributed by atoms with van der Waals surface area (Å²) in [5.74, 6) is 0.900. The highest BCUT2D eigenvalue weighted by Gasteiger charge is 2.46. The van der Waals surface area contributed by atoms with Gasteiger partial charge >= 0.3 is 0 Å². The molecule has 4 rings (SSSR count). The number of fused-ring (bicyclic) bond motifs is 1. The SMILES string of the molecule is O=C(C1CCOC2(CCC2)C1)C1Cc2ccccc21. The summed E-state index contributed by atoms with van der Waals surface area (Å²) in [7, 11) is 0. The fourth-order valence-corrected chi connectivity index (χ4v) is 3.99. The molecule has 0 aromatic heterocycles. The smallest absolute Gasteiger partial charge is 0.143 e. The van der Waals surface area contributed by atoms with Crippen molar-refractivity contribution >= 4 is 5.78 Å². The van der Waals surface area contributed by atoms with Crippen LogP contribution in [0.3, 0.4) is 0 Å². The molecule has 0 radical (unpaired) electrons. The molecule has 1 spiro atoms. The van der Waals surface area contributed by atoms with Crippen molar-refractivity contribution in [2.75, 3.05) is 6.61 Å². The summed E-state index contributed by atoms with van der Waals surface area (Å²) in [6.45, 7) is 0.783. The van der Waals surface area contributed by atoms with Gasteiger partial charge in [0.1, 0.15) is 5.78 Å². The van der Waals surface area contributed by atoms with Crippen molar-refractivity contribution in [3.05, 3.63) is 35.4 Å². The Morgan fingerprint density at radius 2 is 2.11 bits per heavy atom. The van der Waals surface area contributed by atoms with Gasteiger partial charge in [-0.1, -0.05) is 24.3 Å². The third kappa shape index (κ3) is 1.77. The first kappa shape index (κ1) is 11.7. The Kier molecular flexibility index (Phi) is 2.56. The molecule has 19 heavy (non-hydrogen) atoms. The number of benzene rings is 1.